The van der Waals surface area contributed by atoms with E-state index in [9.17, 15) is 21.9 Å². The van der Waals surface area contributed by atoms with Gasteiger partial charge in [0.2, 0.25) is 20.0 Å². The van der Waals surface area contributed by atoms with Crippen molar-refractivity contribution in [3.05, 3.63) is 53.6 Å². The van der Waals surface area contributed by atoms with Crippen molar-refractivity contribution >= 4 is 31.4 Å². The smallest absolute Gasteiger partial charge is 0.229 e. The molecule has 0 saturated carbocycles. The van der Waals surface area contributed by atoms with Crippen LogP contribution in [0, 0.1) is 0 Å². The standard InChI is InChI=1S/C21H29N3O6S2/c1-21(2)20(25)19(22-11-10-14-8-6-5-7-9-14)15-12-16(23-31(3,26)27)17(13-18(15)30-21)24-32(4,28)29/h5-9,12-13,19-20,22-25H,10-11H2,1-4H3/t19-,20+/m0/s1. The lowest BCUT2D eigenvalue weighted by atomic mass is 9.86. The van der Waals surface area contributed by atoms with Crippen LogP contribution in [-0.4, -0.2) is 52.7 Å². The number of anilines is 2. The monoisotopic (exact) mass is 483 g/mol. The van der Waals surface area contributed by atoms with Crippen LogP contribution in [0.15, 0.2) is 42.5 Å². The molecular weight excluding hydrogens is 454 g/mol. The van der Waals surface area contributed by atoms with Gasteiger partial charge in [-0.2, -0.15) is 0 Å². The second-order valence-corrected chi connectivity index (χ2v) is 12.0. The highest BCUT2D eigenvalue weighted by molar-refractivity contribution is 7.92. The first-order valence-electron chi connectivity index (χ1n) is 10.0. The van der Waals surface area contributed by atoms with Crippen LogP contribution >= 0.6 is 0 Å². The zero-order valence-electron chi connectivity index (χ0n) is 18.4. The van der Waals surface area contributed by atoms with Gasteiger partial charge in [0.05, 0.1) is 29.9 Å². The quantitative estimate of drug-likeness (QED) is 0.450. The highest BCUT2D eigenvalue weighted by Gasteiger charge is 2.43. The molecular formula is C21H29N3O6S2. The van der Waals surface area contributed by atoms with E-state index in [-0.39, 0.29) is 11.4 Å². The van der Waals surface area contributed by atoms with Crippen LogP contribution in [0.5, 0.6) is 5.75 Å². The average Bonchev–Trinajstić information content (AvgIpc) is 2.64. The average molecular weight is 484 g/mol. The van der Waals surface area contributed by atoms with E-state index in [1.807, 2.05) is 30.3 Å². The fraction of sp³-hybridized carbons (Fsp3) is 0.429. The molecule has 1 heterocycles. The summed E-state index contributed by atoms with van der Waals surface area (Å²) in [4.78, 5) is 0. The van der Waals surface area contributed by atoms with Gasteiger partial charge < -0.3 is 15.2 Å². The highest BCUT2D eigenvalue weighted by atomic mass is 32.2. The molecule has 0 radical (unpaired) electrons. The second kappa shape index (κ2) is 8.89. The van der Waals surface area contributed by atoms with E-state index >= 15 is 0 Å². The number of ether oxygens (including phenoxy) is 1. The summed E-state index contributed by atoms with van der Waals surface area (Å²) in [5.41, 5.74) is 0.767. The molecule has 0 fully saturated rings. The van der Waals surface area contributed by atoms with Crippen molar-refractivity contribution in [2.75, 3.05) is 28.5 Å². The van der Waals surface area contributed by atoms with Gasteiger partial charge in [-0.1, -0.05) is 30.3 Å². The molecule has 1 aliphatic heterocycles. The van der Waals surface area contributed by atoms with Gasteiger partial charge in [-0.25, -0.2) is 16.8 Å². The lowest BCUT2D eigenvalue weighted by molar-refractivity contribution is -0.0643. The number of sulfonamides is 2. The molecule has 11 heteroatoms. The Morgan fingerprint density at radius 3 is 2.09 bits per heavy atom. The molecule has 4 N–H and O–H groups in total. The zero-order chi connectivity index (χ0) is 23.7. The van der Waals surface area contributed by atoms with Gasteiger partial charge in [0.25, 0.3) is 0 Å². The van der Waals surface area contributed by atoms with Gasteiger partial charge in [0, 0.05) is 11.6 Å². The van der Waals surface area contributed by atoms with Gasteiger partial charge in [-0.05, 0) is 38.4 Å². The van der Waals surface area contributed by atoms with E-state index in [0.717, 1.165) is 24.5 Å². The van der Waals surface area contributed by atoms with E-state index in [0.29, 0.717) is 17.9 Å². The number of benzene rings is 2. The molecule has 0 bridgehead atoms. The summed E-state index contributed by atoms with van der Waals surface area (Å²) in [6.07, 6.45) is 1.73. The Kier molecular flexibility index (Phi) is 6.75. The number of rotatable bonds is 8. The molecule has 0 unspecified atom stereocenters. The number of aliphatic hydroxyl groups is 1. The lowest BCUT2D eigenvalue weighted by Gasteiger charge is -2.43. The third kappa shape index (κ3) is 6.12. The first-order chi connectivity index (χ1) is 14.8. The second-order valence-electron chi connectivity index (χ2n) is 8.50. The van der Waals surface area contributed by atoms with Crippen LogP contribution in [0.2, 0.25) is 0 Å². The topological polar surface area (TPSA) is 134 Å². The minimum absolute atomic E-state index is 0.0342. The number of fused-ring (bicyclic) bond motifs is 1. The van der Waals surface area contributed by atoms with Crippen molar-refractivity contribution in [1.82, 2.24) is 5.32 Å². The molecule has 32 heavy (non-hydrogen) atoms. The Balaban J connectivity index is 2.00. The molecule has 0 aromatic heterocycles. The molecule has 0 aliphatic carbocycles. The van der Waals surface area contributed by atoms with Crippen LogP contribution in [0.3, 0.4) is 0 Å². The summed E-state index contributed by atoms with van der Waals surface area (Å²) in [5, 5.41) is 14.3. The number of aliphatic hydroxyl groups excluding tert-OH is 1. The molecule has 9 nitrogen and oxygen atoms in total. The van der Waals surface area contributed by atoms with Gasteiger partial charge in [0.15, 0.2) is 0 Å². The molecule has 0 amide bonds. The molecule has 2 atom stereocenters. The minimum atomic E-state index is -3.70. The van der Waals surface area contributed by atoms with Crippen LogP contribution in [0.25, 0.3) is 0 Å². The van der Waals surface area contributed by atoms with Gasteiger partial charge in [-0.15, -0.1) is 0 Å². The predicted octanol–water partition coefficient (Wildman–Crippen LogP) is 1.83. The van der Waals surface area contributed by atoms with Crippen molar-refractivity contribution in [2.45, 2.75) is 38.0 Å². The zero-order valence-corrected chi connectivity index (χ0v) is 20.0. The van der Waals surface area contributed by atoms with Gasteiger partial charge in [0.1, 0.15) is 17.5 Å². The summed E-state index contributed by atoms with van der Waals surface area (Å²) >= 11 is 0. The Bertz CT molecular complexity index is 1180. The first-order valence-corrected chi connectivity index (χ1v) is 13.8. The SMILES string of the molecule is CC1(C)Oc2cc(NS(C)(=O)=O)c(NS(C)(=O)=O)cc2[C@H](NCCc2ccccc2)[C@H]1O. The largest absolute Gasteiger partial charge is 0.485 e. The van der Waals surface area contributed by atoms with Crippen LogP contribution in [0.4, 0.5) is 11.4 Å². The fourth-order valence-corrected chi connectivity index (χ4v) is 4.79. The molecule has 1 aliphatic rings. The molecule has 0 saturated heterocycles. The first kappa shape index (κ1) is 24.3. The maximum absolute atomic E-state index is 11.9. The molecule has 0 spiro atoms. The Hall–Kier alpha value is -2.34. The molecule has 2 aromatic carbocycles. The van der Waals surface area contributed by atoms with E-state index in [4.69, 9.17) is 4.74 Å². The van der Waals surface area contributed by atoms with Crippen molar-refractivity contribution in [1.29, 1.82) is 0 Å². The summed E-state index contributed by atoms with van der Waals surface area (Å²) in [6, 6.07) is 12.2. The fourth-order valence-electron chi connectivity index (χ4n) is 3.65. The highest BCUT2D eigenvalue weighted by Crippen LogP contribution is 2.44. The van der Waals surface area contributed by atoms with E-state index in [1.54, 1.807) is 13.8 Å². The van der Waals surface area contributed by atoms with Crippen LogP contribution < -0.4 is 19.5 Å². The summed E-state index contributed by atoms with van der Waals surface area (Å²) in [7, 11) is -7.38. The number of hydrogen-bond acceptors (Lipinski definition) is 7. The maximum atomic E-state index is 11.9. The normalized spacial score (nSPS) is 20.2. The van der Waals surface area contributed by atoms with E-state index in [2.05, 4.69) is 14.8 Å². The summed E-state index contributed by atoms with van der Waals surface area (Å²) < 4.78 is 58.0. The van der Waals surface area contributed by atoms with Crippen LogP contribution in [0.1, 0.15) is 31.0 Å². The van der Waals surface area contributed by atoms with Crippen molar-refractivity contribution in [3.8, 4) is 5.75 Å². The van der Waals surface area contributed by atoms with Crippen molar-refractivity contribution in [2.24, 2.45) is 0 Å². The minimum Gasteiger partial charge on any atom is -0.485 e. The van der Waals surface area contributed by atoms with Crippen LogP contribution in [-0.2, 0) is 26.5 Å². The Labute approximate surface area is 189 Å². The molecule has 3 rings (SSSR count). The lowest BCUT2D eigenvalue weighted by Crippen LogP contribution is -2.52. The third-order valence-electron chi connectivity index (χ3n) is 5.10. The van der Waals surface area contributed by atoms with Crippen molar-refractivity contribution in [3.63, 3.8) is 0 Å². The maximum Gasteiger partial charge on any atom is 0.229 e. The summed E-state index contributed by atoms with van der Waals surface area (Å²) in [5.74, 6) is 0.350. The Morgan fingerprint density at radius 2 is 1.53 bits per heavy atom. The predicted molar refractivity (Wildman–Crippen MR) is 125 cm³/mol. The number of hydrogen-bond donors (Lipinski definition) is 4. The molecule has 176 valence electrons. The van der Waals surface area contributed by atoms with Crippen molar-refractivity contribution < 1.29 is 26.7 Å². The van der Waals surface area contributed by atoms with Gasteiger partial charge in [-0.3, -0.25) is 9.44 Å². The Morgan fingerprint density at radius 1 is 0.969 bits per heavy atom. The van der Waals surface area contributed by atoms with E-state index < -0.39 is 37.8 Å². The van der Waals surface area contributed by atoms with E-state index in [1.165, 1.54) is 12.1 Å². The van der Waals surface area contributed by atoms with Gasteiger partial charge >= 0.3 is 0 Å². The molecule has 2 aromatic rings. The number of nitrogens with one attached hydrogen (secondary N) is 3. The summed E-state index contributed by atoms with van der Waals surface area (Å²) in [6.45, 7) is 4.02. The third-order valence-corrected chi connectivity index (χ3v) is 6.28.